The maximum Gasteiger partial charge on any atom is 0.411 e. The van der Waals surface area contributed by atoms with E-state index in [0.29, 0.717) is 62.8 Å². The molecule has 2 saturated heterocycles. The SMILES string of the molecule is CC(=O)C1OC(Oc2ccc(COC(=O)N(CCN(C)C)COCCc3ccccc3)cc2N)[C@@H](C)[C@@H](C)C1C.CC(=O)C1OC(Oc2ccc(COC(=O)N(CCN(C)C)COCCc3ccccc3)cc2[N+](=O)[O-])[C@@H](C)[C@@H](C)C1C. The van der Waals surface area contributed by atoms with Crippen molar-refractivity contribution in [3.8, 4) is 11.5 Å². The predicted octanol–water partition coefficient (Wildman–Crippen LogP) is 9.50. The molecule has 0 saturated carbocycles. The second-order valence-electron chi connectivity index (χ2n) is 22.2. The number of rotatable bonds is 27. The van der Waals surface area contributed by atoms with E-state index in [1.165, 1.54) is 29.5 Å². The highest BCUT2D eigenvalue weighted by Gasteiger charge is 2.44. The topological polar surface area (TPSA) is 224 Å². The summed E-state index contributed by atoms with van der Waals surface area (Å²) >= 11 is 0. The van der Waals surface area contributed by atoms with Gasteiger partial charge in [-0.15, -0.1) is 0 Å². The van der Waals surface area contributed by atoms with Crippen molar-refractivity contribution in [1.82, 2.24) is 19.6 Å². The van der Waals surface area contributed by atoms with Gasteiger partial charge < -0.3 is 53.4 Å². The molecule has 10 atom stereocenters. The number of nitrogens with zero attached hydrogens (tertiary/aromatic N) is 5. The Morgan fingerprint density at radius 1 is 0.537 bits per heavy atom. The van der Waals surface area contributed by atoms with Gasteiger partial charge in [-0.2, -0.15) is 0 Å². The first-order valence-electron chi connectivity index (χ1n) is 28.2. The molecule has 450 valence electrons. The Hall–Kier alpha value is -6.68. The summed E-state index contributed by atoms with van der Waals surface area (Å²) in [4.78, 5) is 68.4. The Balaban J connectivity index is 0.000000301. The third kappa shape index (κ3) is 20.3. The molecule has 2 aliphatic rings. The van der Waals surface area contributed by atoms with Crippen LogP contribution in [-0.4, -0.2) is 154 Å². The summed E-state index contributed by atoms with van der Waals surface area (Å²) in [5, 5.41) is 11.9. The molecule has 2 amide bonds. The van der Waals surface area contributed by atoms with Crippen molar-refractivity contribution < 1.29 is 62.0 Å². The largest absolute Gasteiger partial charge is 0.462 e. The average Bonchev–Trinajstić information content (AvgIpc) is 3.58. The molecule has 2 heterocycles. The highest BCUT2D eigenvalue weighted by Crippen LogP contribution is 2.40. The number of carbonyl (C=O) groups excluding carboxylic acids is 4. The van der Waals surface area contributed by atoms with Crippen molar-refractivity contribution in [2.24, 2.45) is 35.5 Å². The number of hydrogen-bond donors (Lipinski definition) is 1. The zero-order valence-electron chi connectivity index (χ0n) is 50.0. The number of likely N-dealkylation sites (N-methyl/N-ethyl adjacent to an activating group) is 2. The highest BCUT2D eigenvalue weighted by atomic mass is 16.7. The van der Waals surface area contributed by atoms with Gasteiger partial charge in [0.15, 0.2) is 17.3 Å². The minimum Gasteiger partial charge on any atom is -0.462 e. The van der Waals surface area contributed by atoms with E-state index in [4.69, 9.17) is 43.6 Å². The fraction of sp³-hybridized carbons (Fsp3) is 0.548. The molecule has 0 bridgehead atoms. The summed E-state index contributed by atoms with van der Waals surface area (Å²) in [5.41, 5.74) is 9.91. The highest BCUT2D eigenvalue weighted by molar-refractivity contribution is 5.81. The number of nitrogen functional groups attached to an aromatic ring is 1. The number of carbonyl (C=O) groups is 4. The first-order chi connectivity index (χ1) is 39.0. The quantitative estimate of drug-likeness (QED) is 0.0193. The smallest absolute Gasteiger partial charge is 0.411 e. The van der Waals surface area contributed by atoms with Crippen LogP contribution in [0.3, 0.4) is 0 Å². The number of ether oxygens (including phenoxy) is 8. The van der Waals surface area contributed by atoms with Crippen molar-refractivity contribution in [2.75, 3.05) is 86.8 Å². The van der Waals surface area contributed by atoms with Gasteiger partial charge in [0.25, 0.3) is 0 Å². The first-order valence-corrected chi connectivity index (χ1v) is 28.2. The maximum atomic E-state index is 12.9. The standard InChI is InChI=1S/C31H43N3O8.C31H45N3O6/c1-21-22(2)29(24(4)35)42-30(23(21)3)41-28-13-12-26(18-27(28)34(37)38)19-40-31(36)33(16-15-32(5)6)20-39-17-14-25-10-8-7-9-11-25;1-21-22(2)29(24(4)35)40-30(23(21)3)39-28-13-12-26(18-27(28)32)19-38-31(36)34(16-15-33(5)6)20-37-17-14-25-10-8-7-9-11-25/h7-13,18,21-23,29-30H,14-17,19-20H2,1-6H3;7-13,18,21-23,29-30H,14-17,19-20,32H2,1-6H3/t2*21-,22?,23-,29?,30?/m00/s1. The summed E-state index contributed by atoms with van der Waals surface area (Å²) in [6.07, 6.45) is -2.11. The number of nitro groups is 1. The van der Waals surface area contributed by atoms with Crippen molar-refractivity contribution in [3.63, 3.8) is 0 Å². The molecule has 82 heavy (non-hydrogen) atoms. The van der Waals surface area contributed by atoms with Crippen molar-refractivity contribution >= 4 is 35.1 Å². The van der Waals surface area contributed by atoms with Gasteiger partial charge in [-0.3, -0.25) is 29.5 Å². The molecule has 4 aromatic carbocycles. The lowest BCUT2D eigenvalue weighted by atomic mass is 9.78. The lowest BCUT2D eigenvalue weighted by Gasteiger charge is -2.42. The summed E-state index contributed by atoms with van der Waals surface area (Å²) in [7, 11) is 7.71. The number of ketones is 2. The fourth-order valence-electron chi connectivity index (χ4n) is 9.48. The molecule has 20 nitrogen and oxygen atoms in total. The van der Waals surface area contributed by atoms with Gasteiger partial charge >= 0.3 is 17.9 Å². The summed E-state index contributed by atoms with van der Waals surface area (Å²) < 4.78 is 46.7. The molecule has 0 aromatic heterocycles. The van der Waals surface area contributed by atoms with Gasteiger partial charge in [0.1, 0.15) is 44.6 Å². The number of Topliss-reactive ketones (excluding diaryl/α,β-unsaturated/α-hetero) is 2. The van der Waals surface area contributed by atoms with Crippen LogP contribution in [0.5, 0.6) is 11.5 Å². The van der Waals surface area contributed by atoms with Crippen molar-refractivity contribution in [1.29, 1.82) is 0 Å². The third-order valence-electron chi connectivity index (χ3n) is 15.4. The molecule has 0 spiro atoms. The van der Waals surface area contributed by atoms with Crippen LogP contribution in [0.1, 0.15) is 77.6 Å². The van der Waals surface area contributed by atoms with Crippen LogP contribution in [0, 0.1) is 45.6 Å². The molecule has 4 aromatic rings. The van der Waals surface area contributed by atoms with E-state index in [1.54, 1.807) is 30.0 Å². The minimum absolute atomic E-state index is 0.00375. The lowest BCUT2D eigenvalue weighted by molar-refractivity contribution is -0.386. The summed E-state index contributed by atoms with van der Waals surface area (Å²) in [5.74, 6) is 0.801. The monoisotopic (exact) mass is 1140 g/mol. The zero-order valence-corrected chi connectivity index (χ0v) is 50.0. The van der Waals surface area contributed by atoms with Gasteiger partial charge in [0.05, 0.1) is 23.8 Å². The third-order valence-corrected chi connectivity index (χ3v) is 15.4. The molecule has 2 aliphatic heterocycles. The number of hydrogen-bond acceptors (Lipinski definition) is 17. The van der Waals surface area contributed by atoms with Gasteiger partial charge in [-0.1, -0.05) is 114 Å². The second kappa shape index (κ2) is 32.8. The zero-order chi connectivity index (χ0) is 60.0. The van der Waals surface area contributed by atoms with Gasteiger partial charge in [0.2, 0.25) is 12.6 Å². The van der Waals surface area contributed by atoms with E-state index in [-0.39, 0.29) is 85.2 Å². The molecule has 2 fully saturated rings. The molecule has 6 rings (SSSR count). The van der Waals surface area contributed by atoms with E-state index >= 15 is 0 Å². The molecule has 6 unspecified atom stereocenters. The fourth-order valence-corrected chi connectivity index (χ4v) is 9.48. The van der Waals surface area contributed by atoms with Crippen LogP contribution >= 0.6 is 0 Å². The van der Waals surface area contributed by atoms with Crippen LogP contribution in [0.4, 0.5) is 21.0 Å². The van der Waals surface area contributed by atoms with Gasteiger partial charge in [-0.25, -0.2) is 9.59 Å². The molecule has 0 radical (unpaired) electrons. The lowest BCUT2D eigenvalue weighted by Crippen LogP contribution is -2.49. The van der Waals surface area contributed by atoms with Crippen LogP contribution in [0.15, 0.2) is 97.1 Å². The van der Waals surface area contributed by atoms with E-state index < -0.39 is 41.9 Å². The number of anilines is 1. The first kappa shape index (κ1) is 66.1. The molecular formula is C62H88N6O14. The number of benzene rings is 4. The van der Waals surface area contributed by atoms with Crippen LogP contribution in [-0.2, 0) is 64.1 Å². The Bertz CT molecular complexity index is 2650. The average molecular weight is 1140 g/mol. The molecule has 20 heteroatoms. The summed E-state index contributed by atoms with van der Waals surface area (Å²) in [6.45, 7) is 18.3. The summed E-state index contributed by atoms with van der Waals surface area (Å²) in [6, 6.07) is 29.7. The van der Waals surface area contributed by atoms with E-state index in [9.17, 15) is 29.3 Å². The van der Waals surface area contributed by atoms with E-state index in [1.807, 2.05) is 120 Å². The van der Waals surface area contributed by atoms with E-state index in [2.05, 4.69) is 26.0 Å². The van der Waals surface area contributed by atoms with Crippen LogP contribution < -0.4 is 15.2 Å². The van der Waals surface area contributed by atoms with Gasteiger partial charge in [-0.05, 0) is 119 Å². The molecular weight excluding hydrogens is 1050 g/mol. The van der Waals surface area contributed by atoms with Crippen LogP contribution in [0.25, 0.3) is 0 Å². The number of nitrogens with two attached hydrogens (primary N) is 1. The van der Waals surface area contributed by atoms with Crippen LogP contribution in [0.2, 0.25) is 0 Å². The Morgan fingerprint density at radius 2 is 0.939 bits per heavy atom. The predicted molar refractivity (Wildman–Crippen MR) is 312 cm³/mol. The van der Waals surface area contributed by atoms with E-state index in [0.717, 1.165) is 17.5 Å². The number of nitro benzene ring substituents is 1. The minimum atomic E-state index is -0.820. The molecule has 0 aliphatic carbocycles. The normalized spacial score (nSPS) is 22.3. The Morgan fingerprint density at radius 3 is 1.33 bits per heavy atom. The molecule has 2 N–H and O–H groups in total. The maximum absolute atomic E-state index is 12.9. The Labute approximate surface area is 484 Å². The van der Waals surface area contributed by atoms with Gasteiger partial charge in [0, 0.05) is 44.1 Å². The Kier molecular flexibility index (Phi) is 26.5. The number of amides is 2. The van der Waals surface area contributed by atoms with Crippen molar-refractivity contribution in [2.45, 2.75) is 106 Å². The van der Waals surface area contributed by atoms with Crippen molar-refractivity contribution in [3.05, 3.63) is 129 Å². The second-order valence-corrected chi connectivity index (χ2v) is 22.2.